The van der Waals surface area contributed by atoms with Crippen LogP contribution in [-0.4, -0.2) is 23.6 Å². The first kappa shape index (κ1) is 10.2. The molecule has 0 aliphatic carbocycles. The van der Waals surface area contributed by atoms with Gasteiger partial charge in [-0.2, -0.15) is 21.0 Å². The van der Waals surface area contributed by atoms with E-state index in [2.05, 4.69) is 12.6 Å². The SMILES string of the molecule is CC(N)(S)CCS(=O)(=O)O. The third kappa shape index (κ3) is 8.22. The first-order chi connectivity index (χ1) is 4.21. The lowest BCUT2D eigenvalue weighted by Crippen LogP contribution is -2.31. The lowest BCUT2D eigenvalue weighted by atomic mass is 10.3. The van der Waals surface area contributed by atoms with Crippen LogP contribution >= 0.6 is 12.6 Å². The van der Waals surface area contributed by atoms with Gasteiger partial charge in [-0.3, -0.25) is 4.55 Å². The van der Waals surface area contributed by atoms with Gasteiger partial charge in [0.1, 0.15) is 0 Å². The van der Waals surface area contributed by atoms with Crippen molar-refractivity contribution in [3.8, 4) is 0 Å². The minimum Gasteiger partial charge on any atom is -0.317 e. The summed E-state index contributed by atoms with van der Waals surface area (Å²) in [5.41, 5.74) is 5.33. The molecule has 0 aromatic rings. The number of nitrogens with two attached hydrogens (primary N) is 1. The average Bonchev–Trinajstić information content (AvgIpc) is 1.57. The zero-order chi connectivity index (χ0) is 8.41. The Labute approximate surface area is 66.0 Å². The molecule has 1 atom stereocenters. The Morgan fingerprint density at radius 1 is 1.70 bits per heavy atom. The fraction of sp³-hybridized carbons (Fsp3) is 1.00. The Morgan fingerprint density at radius 3 is 2.20 bits per heavy atom. The molecule has 10 heavy (non-hydrogen) atoms. The Balaban J connectivity index is 3.79. The topological polar surface area (TPSA) is 80.4 Å². The minimum atomic E-state index is -3.89. The molecule has 0 rings (SSSR count). The quantitative estimate of drug-likeness (QED) is 0.325. The highest BCUT2D eigenvalue weighted by molar-refractivity contribution is 7.86. The van der Waals surface area contributed by atoms with Crippen molar-refractivity contribution in [2.45, 2.75) is 18.2 Å². The summed E-state index contributed by atoms with van der Waals surface area (Å²) in [5.74, 6) is -0.344. The molecular formula is C4H11NO3S2. The van der Waals surface area contributed by atoms with Gasteiger partial charge in [-0.25, -0.2) is 0 Å². The molecule has 1 unspecified atom stereocenters. The van der Waals surface area contributed by atoms with Crippen LogP contribution in [0, 0.1) is 0 Å². The van der Waals surface area contributed by atoms with E-state index in [1.807, 2.05) is 0 Å². The lowest BCUT2D eigenvalue weighted by Gasteiger charge is -2.15. The summed E-state index contributed by atoms with van der Waals surface area (Å²) in [6.07, 6.45) is 0.134. The molecule has 0 aromatic carbocycles. The zero-order valence-electron chi connectivity index (χ0n) is 5.61. The molecule has 0 fully saturated rings. The van der Waals surface area contributed by atoms with Gasteiger partial charge < -0.3 is 5.73 Å². The summed E-state index contributed by atoms with van der Waals surface area (Å²) in [7, 11) is -3.89. The van der Waals surface area contributed by atoms with Crippen LogP contribution in [0.3, 0.4) is 0 Å². The minimum absolute atomic E-state index is 0.134. The van der Waals surface area contributed by atoms with E-state index in [-0.39, 0.29) is 12.2 Å². The second kappa shape index (κ2) is 3.08. The largest absolute Gasteiger partial charge is 0.317 e. The molecule has 4 nitrogen and oxygen atoms in total. The van der Waals surface area contributed by atoms with Crippen molar-refractivity contribution >= 4 is 22.7 Å². The van der Waals surface area contributed by atoms with Crippen molar-refractivity contribution in [2.24, 2.45) is 5.73 Å². The second-order valence-corrected chi connectivity index (χ2v) is 4.99. The van der Waals surface area contributed by atoms with Crippen LogP contribution in [0.1, 0.15) is 13.3 Å². The van der Waals surface area contributed by atoms with Crippen LogP contribution in [0.15, 0.2) is 0 Å². The molecule has 3 N–H and O–H groups in total. The second-order valence-electron chi connectivity index (χ2n) is 2.39. The van der Waals surface area contributed by atoms with E-state index in [1.54, 1.807) is 6.92 Å². The van der Waals surface area contributed by atoms with Crippen molar-refractivity contribution in [1.82, 2.24) is 0 Å². The van der Waals surface area contributed by atoms with Crippen LogP contribution in [-0.2, 0) is 10.1 Å². The van der Waals surface area contributed by atoms with E-state index in [4.69, 9.17) is 10.3 Å². The van der Waals surface area contributed by atoms with Crippen molar-refractivity contribution < 1.29 is 13.0 Å². The molecule has 62 valence electrons. The Morgan fingerprint density at radius 2 is 2.10 bits per heavy atom. The predicted molar refractivity (Wildman–Crippen MR) is 42.6 cm³/mol. The van der Waals surface area contributed by atoms with Crippen molar-refractivity contribution in [1.29, 1.82) is 0 Å². The summed E-state index contributed by atoms with van der Waals surface area (Å²) >= 11 is 3.87. The van der Waals surface area contributed by atoms with Crippen LogP contribution in [0.25, 0.3) is 0 Å². The van der Waals surface area contributed by atoms with Gasteiger partial charge in [-0.1, -0.05) is 0 Å². The fourth-order valence-electron chi connectivity index (χ4n) is 0.336. The molecule has 0 aromatic heterocycles. The molecule has 6 heteroatoms. The lowest BCUT2D eigenvalue weighted by molar-refractivity contribution is 0.476. The normalized spacial score (nSPS) is 18.4. The summed E-state index contributed by atoms with van der Waals surface area (Å²) < 4.78 is 28.6. The number of rotatable bonds is 3. The van der Waals surface area contributed by atoms with E-state index < -0.39 is 15.0 Å². The fourth-order valence-corrected chi connectivity index (χ4v) is 1.28. The van der Waals surface area contributed by atoms with Gasteiger partial charge in [0.2, 0.25) is 0 Å². The molecule has 0 spiro atoms. The molecule has 0 bridgehead atoms. The summed E-state index contributed by atoms with van der Waals surface area (Å²) in [4.78, 5) is -0.837. The van der Waals surface area contributed by atoms with Crippen LogP contribution in [0.4, 0.5) is 0 Å². The van der Waals surface area contributed by atoms with Gasteiger partial charge in [0.25, 0.3) is 10.1 Å². The third-order valence-electron chi connectivity index (χ3n) is 0.866. The number of hydrogen-bond donors (Lipinski definition) is 3. The Kier molecular flexibility index (Phi) is 3.15. The average molecular weight is 185 g/mol. The van der Waals surface area contributed by atoms with Crippen molar-refractivity contribution in [2.75, 3.05) is 5.75 Å². The predicted octanol–water partition coefficient (Wildman–Crippen LogP) is -0.131. The van der Waals surface area contributed by atoms with Crippen molar-refractivity contribution in [3.63, 3.8) is 0 Å². The van der Waals surface area contributed by atoms with Gasteiger partial charge in [0.05, 0.1) is 10.6 Å². The molecule has 0 radical (unpaired) electrons. The van der Waals surface area contributed by atoms with Crippen LogP contribution in [0.2, 0.25) is 0 Å². The number of thiol groups is 1. The first-order valence-electron chi connectivity index (χ1n) is 2.67. The smallest absolute Gasteiger partial charge is 0.264 e. The molecule has 0 saturated carbocycles. The summed E-state index contributed by atoms with van der Waals surface area (Å²) in [6.45, 7) is 1.57. The van der Waals surface area contributed by atoms with Gasteiger partial charge in [0, 0.05) is 0 Å². The van der Waals surface area contributed by atoms with E-state index in [9.17, 15) is 8.42 Å². The maximum Gasteiger partial charge on any atom is 0.264 e. The molecule has 0 saturated heterocycles. The summed E-state index contributed by atoms with van der Waals surface area (Å²) in [6, 6.07) is 0. The number of hydrogen-bond acceptors (Lipinski definition) is 4. The monoisotopic (exact) mass is 185 g/mol. The van der Waals surface area contributed by atoms with E-state index in [0.29, 0.717) is 0 Å². The van der Waals surface area contributed by atoms with Gasteiger partial charge in [-0.05, 0) is 13.3 Å². The van der Waals surface area contributed by atoms with Gasteiger partial charge in [-0.15, -0.1) is 0 Å². The van der Waals surface area contributed by atoms with Crippen LogP contribution < -0.4 is 5.73 Å². The highest BCUT2D eigenvalue weighted by atomic mass is 32.2. The molecular weight excluding hydrogens is 174 g/mol. The van der Waals surface area contributed by atoms with Crippen molar-refractivity contribution in [3.05, 3.63) is 0 Å². The van der Waals surface area contributed by atoms with Gasteiger partial charge >= 0.3 is 0 Å². The zero-order valence-corrected chi connectivity index (χ0v) is 7.32. The summed E-state index contributed by atoms with van der Waals surface area (Å²) in [5, 5.41) is 0. The highest BCUT2D eigenvalue weighted by Crippen LogP contribution is 2.10. The third-order valence-corrected chi connectivity index (χ3v) is 1.81. The Bertz CT molecular complexity index is 191. The van der Waals surface area contributed by atoms with E-state index in [1.165, 1.54) is 0 Å². The van der Waals surface area contributed by atoms with E-state index >= 15 is 0 Å². The molecule has 0 aliphatic heterocycles. The van der Waals surface area contributed by atoms with E-state index in [0.717, 1.165) is 0 Å². The highest BCUT2D eigenvalue weighted by Gasteiger charge is 2.15. The van der Waals surface area contributed by atoms with Crippen LogP contribution in [0.5, 0.6) is 0 Å². The standard InChI is InChI=1S/C4H11NO3S2/c1-4(5,9)2-3-10(6,7)8/h9H,2-3,5H2,1H3,(H,6,7,8). The molecule has 0 amide bonds. The maximum absolute atomic E-state index is 10.1. The molecule has 0 heterocycles. The van der Waals surface area contributed by atoms with Gasteiger partial charge in [0.15, 0.2) is 0 Å². The first-order valence-corrected chi connectivity index (χ1v) is 4.73. The maximum atomic E-state index is 10.1. The Hall–Kier alpha value is 0.220. The molecule has 0 aliphatic rings.